The predicted molar refractivity (Wildman–Crippen MR) is 79.3 cm³/mol. The second-order valence-corrected chi connectivity index (χ2v) is 6.72. The molecule has 2 heteroatoms. The zero-order valence-corrected chi connectivity index (χ0v) is 12.9. The Balaban J connectivity index is 1.43. The highest BCUT2D eigenvalue weighted by Crippen LogP contribution is 2.37. The molecule has 19 heavy (non-hydrogen) atoms. The van der Waals surface area contributed by atoms with Gasteiger partial charge in [-0.05, 0) is 69.1 Å². The monoisotopic (exact) mass is 268 g/mol. The number of hydrogen-bond acceptors (Lipinski definition) is 2. The van der Waals surface area contributed by atoms with Crippen molar-refractivity contribution in [3.63, 3.8) is 0 Å². The molecule has 0 heterocycles. The van der Waals surface area contributed by atoms with Crippen molar-refractivity contribution in [3.05, 3.63) is 0 Å². The summed E-state index contributed by atoms with van der Waals surface area (Å²) < 4.78 is 11.2. The third-order valence-electron chi connectivity index (χ3n) is 5.22. The first-order chi connectivity index (χ1) is 9.31. The van der Waals surface area contributed by atoms with E-state index in [-0.39, 0.29) is 0 Å². The summed E-state index contributed by atoms with van der Waals surface area (Å²) >= 11 is 0. The molecule has 0 aromatic heterocycles. The molecule has 2 nitrogen and oxygen atoms in total. The van der Waals surface area contributed by atoms with E-state index >= 15 is 0 Å². The number of ether oxygens (including phenoxy) is 2. The second-order valence-electron chi connectivity index (χ2n) is 6.72. The smallest absolute Gasteiger partial charge is 0.0575 e. The zero-order chi connectivity index (χ0) is 13.5. The van der Waals surface area contributed by atoms with Crippen molar-refractivity contribution in [2.45, 2.75) is 70.8 Å². The molecule has 0 aromatic rings. The Morgan fingerprint density at radius 1 is 0.947 bits per heavy atom. The van der Waals surface area contributed by atoms with Crippen LogP contribution in [0.25, 0.3) is 0 Å². The maximum Gasteiger partial charge on any atom is 0.0575 e. The molecule has 0 unspecified atom stereocenters. The number of rotatable bonds is 8. The van der Waals surface area contributed by atoms with Gasteiger partial charge in [-0.25, -0.2) is 0 Å². The molecule has 0 aromatic carbocycles. The van der Waals surface area contributed by atoms with Crippen LogP contribution in [-0.2, 0) is 9.47 Å². The minimum Gasteiger partial charge on any atom is -0.384 e. The second kappa shape index (κ2) is 8.26. The molecule has 0 aliphatic heterocycles. The third kappa shape index (κ3) is 5.07. The van der Waals surface area contributed by atoms with Crippen LogP contribution in [0.2, 0.25) is 0 Å². The van der Waals surface area contributed by atoms with E-state index in [0.717, 1.165) is 31.0 Å². The van der Waals surface area contributed by atoms with Crippen LogP contribution >= 0.6 is 0 Å². The summed E-state index contributed by atoms with van der Waals surface area (Å²) in [7, 11) is 1.81. The standard InChI is InChI=1S/C17H32O2/c1-3-14-6-8-17(9-7-14)19-10-4-5-15-11-16(12-15)13-18-2/h14-17H,3-13H2,1-2H3. The highest BCUT2D eigenvalue weighted by molar-refractivity contribution is 4.79. The molecule has 2 saturated carbocycles. The van der Waals surface area contributed by atoms with Gasteiger partial charge in [0.05, 0.1) is 6.10 Å². The molecule has 0 amide bonds. The van der Waals surface area contributed by atoms with Gasteiger partial charge in [-0.2, -0.15) is 0 Å². The summed E-state index contributed by atoms with van der Waals surface area (Å²) in [4.78, 5) is 0. The average Bonchev–Trinajstić information content (AvgIpc) is 2.41. The van der Waals surface area contributed by atoms with Crippen molar-refractivity contribution in [2.75, 3.05) is 20.3 Å². The normalized spacial score (nSPS) is 35.1. The first-order valence-electron chi connectivity index (χ1n) is 8.42. The molecule has 2 fully saturated rings. The fourth-order valence-electron chi connectivity index (χ4n) is 3.81. The van der Waals surface area contributed by atoms with Crippen LogP contribution in [-0.4, -0.2) is 26.4 Å². The van der Waals surface area contributed by atoms with Gasteiger partial charge in [-0.15, -0.1) is 0 Å². The molecular formula is C17H32O2. The molecule has 2 aliphatic carbocycles. The molecule has 0 spiro atoms. The highest BCUT2D eigenvalue weighted by Gasteiger charge is 2.28. The molecule has 0 N–H and O–H groups in total. The Hall–Kier alpha value is -0.0800. The van der Waals surface area contributed by atoms with Crippen LogP contribution in [0, 0.1) is 17.8 Å². The van der Waals surface area contributed by atoms with Crippen LogP contribution in [0.4, 0.5) is 0 Å². The van der Waals surface area contributed by atoms with Gasteiger partial charge in [0.2, 0.25) is 0 Å². The van der Waals surface area contributed by atoms with Crippen LogP contribution in [0.15, 0.2) is 0 Å². The van der Waals surface area contributed by atoms with E-state index in [1.807, 2.05) is 7.11 Å². The summed E-state index contributed by atoms with van der Waals surface area (Å²) in [5.41, 5.74) is 0. The van der Waals surface area contributed by atoms with Gasteiger partial charge in [0, 0.05) is 20.3 Å². The van der Waals surface area contributed by atoms with Crippen LogP contribution in [0.5, 0.6) is 0 Å². The van der Waals surface area contributed by atoms with Gasteiger partial charge in [0.1, 0.15) is 0 Å². The Morgan fingerprint density at radius 2 is 1.68 bits per heavy atom. The van der Waals surface area contributed by atoms with Crippen molar-refractivity contribution in [1.29, 1.82) is 0 Å². The van der Waals surface area contributed by atoms with E-state index in [1.165, 1.54) is 57.8 Å². The fourth-order valence-corrected chi connectivity index (χ4v) is 3.81. The quantitative estimate of drug-likeness (QED) is 0.606. The lowest BCUT2D eigenvalue weighted by molar-refractivity contribution is 0.00941. The van der Waals surface area contributed by atoms with E-state index in [1.54, 1.807) is 0 Å². The molecular weight excluding hydrogens is 236 g/mol. The van der Waals surface area contributed by atoms with Crippen molar-refractivity contribution in [1.82, 2.24) is 0 Å². The van der Waals surface area contributed by atoms with Crippen molar-refractivity contribution >= 4 is 0 Å². The third-order valence-corrected chi connectivity index (χ3v) is 5.22. The number of hydrogen-bond donors (Lipinski definition) is 0. The van der Waals surface area contributed by atoms with Gasteiger partial charge >= 0.3 is 0 Å². The first-order valence-corrected chi connectivity index (χ1v) is 8.42. The molecule has 0 radical (unpaired) electrons. The van der Waals surface area contributed by atoms with E-state index in [2.05, 4.69) is 6.92 Å². The average molecular weight is 268 g/mol. The molecule has 2 aliphatic rings. The van der Waals surface area contributed by atoms with Crippen molar-refractivity contribution in [2.24, 2.45) is 17.8 Å². The molecule has 0 bridgehead atoms. The van der Waals surface area contributed by atoms with E-state index in [0.29, 0.717) is 6.10 Å². The largest absolute Gasteiger partial charge is 0.384 e. The maximum absolute atomic E-state index is 6.04. The lowest BCUT2D eigenvalue weighted by atomic mass is 9.73. The lowest BCUT2D eigenvalue weighted by Gasteiger charge is -2.35. The Labute approximate surface area is 119 Å². The first kappa shape index (κ1) is 15.3. The van der Waals surface area contributed by atoms with E-state index in [9.17, 15) is 0 Å². The Morgan fingerprint density at radius 3 is 2.32 bits per heavy atom. The highest BCUT2D eigenvalue weighted by atomic mass is 16.5. The Bertz CT molecular complexity index is 227. The summed E-state index contributed by atoms with van der Waals surface area (Å²) in [5, 5.41) is 0. The Kier molecular flexibility index (Phi) is 6.66. The predicted octanol–water partition coefficient (Wildman–Crippen LogP) is 4.42. The van der Waals surface area contributed by atoms with Crippen LogP contribution < -0.4 is 0 Å². The summed E-state index contributed by atoms with van der Waals surface area (Å²) in [5.74, 6) is 2.78. The van der Waals surface area contributed by atoms with Gasteiger partial charge in [0.25, 0.3) is 0 Å². The SMILES string of the molecule is CCC1CCC(OCCCC2CC(COC)C2)CC1. The van der Waals surface area contributed by atoms with Gasteiger partial charge in [-0.1, -0.05) is 13.3 Å². The number of methoxy groups -OCH3 is 1. The van der Waals surface area contributed by atoms with E-state index in [4.69, 9.17) is 9.47 Å². The maximum atomic E-state index is 6.04. The van der Waals surface area contributed by atoms with Gasteiger partial charge in [0.15, 0.2) is 0 Å². The molecule has 0 saturated heterocycles. The van der Waals surface area contributed by atoms with Gasteiger partial charge in [-0.3, -0.25) is 0 Å². The molecule has 112 valence electrons. The summed E-state index contributed by atoms with van der Waals surface area (Å²) in [6, 6.07) is 0. The minimum atomic E-state index is 0.574. The fraction of sp³-hybridized carbons (Fsp3) is 1.00. The minimum absolute atomic E-state index is 0.574. The van der Waals surface area contributed by atoms with Crippen molar-refractivity contribution in [3.8, 4) is 0 Å². The summed E-state index contributed by atoms with van der Waals surface area (Å²) in [6.45, 7) is 4.28. The molecule has 2 rings (SSSR count). The van der Waals surface area contributed by atoms with Crippen LogP contribution in [0.3, 0.4) is 0 Å². The van der Waals surface area contributed by atoms with Gasteiger partial charge < -0.3 is 9.47 Å². The van der Waals surface area contributed by atoms with Crippen molar-refractivity contribution < 1.29 is 9.47 Å². The summed E-state index contributed by atoms with van der Waals surface area (Å²) in [6.07, 6.45) is 12.7. The van der Waals surface area contributed by atoms with E-state index < -0.39 is 0 Å². The topological polar surface area (TPSA) is 18.5 Å². The lowest BCUT2D eigenvalue weighted by Crippen LogP contribution is -2.27. The van der Waals surface area contributed by atoms with Crippen LogP contribution in [0.1, 0.15) is 64.7 Å². The zero-order valence-electron chi connectivity index (χ0n) is 12.9. The molecule has 0 atom stereocenters.